The molecule has 8 nitrogen and oxygen atoms in total. The van der Waals surface area contributed by atoms with Crippen molar-refractivity contribution in [2.24, 2.45) is 0 Å². The maximum atomic E-state index is 13.2. The smallest absolute Gasteiger partial charge is 0.270 e. The molecule has 8 heteroatoms. The summed E-state index contributed by atoms with van der Waals surface area (Å²) in [6, 6.07) is 21.7. The molecule has 1 aliphatic rings. The van der Waals surface area contributed by atoms with Gasteiger partial charge in [0, 0.05) is 62.1 Å². The number of hydrogen-bond donors (Lipinski definition) is 1. The minimum atomic E-state index is 0.0276. The summed E-state index contributed by atoms with van der Waals surface area (Å²) in [6.45, 7) is 2.87. The van der Waals surface area contributed by atoms with E-state index in [1.54, 1.807) is 18.6 Å². The zero-order valence-electron chi connectivity index (χ0n) is 19.7. The fourth-order valence-corrected chi connectivity index (χ4v) is 4.58. The standard InChI is InChI=1S/C28H25N7O/c36-28(35-15-13-34(14-16-35)27-6-2-4-11-31-27)25-19-21-17-20(7-8-22(21)32-25)18-26-30-12-9-24(33-26)23-5-1-3-10-29-23/h1-12,17,19,32H,13-16,18H2. The number of rotatable bonds is 5. The summed E-state index contributed by atoms with van der Waals surface area (Å²) in [5, 5.41) is 1.00. The van der Waals surface area contributed by atoms with Crippen LogP contribution in [-0.2, 0) is 6.42 Å². The number of anilines is 1. The fourth-order valence-electron chi connectivity index (χ4n) is 4.58. The van der Waals surface area contributed by atoms with Crippen molar-refractivity contribution < 1.29 is 4.79 Å². The Morgan fingerprint density at radius 1 is 0.806 bits per heavy atom. The van der Waals surface area contributed by atoms with Crippen molar-refractivity contribution in [3.63, 3.8) is 0 Å². The zero-order valence-corrected chi connectivity index (χ0v) is 19.7. The minimum Gasteiger partial charge on any atom is -0.353 e. The molecule has 1 fully saturated rings. The molecule has 1 saturated heterocycles. The molecule has 1 aromatic carbocycles. The molecule has 5 aromatic rings. The summed E-state index contributed by atoms with van der Waals surface area (Å²) in [5.41, 5.74) is 4.27. The minimum absolute atomic E-state index is 0.0276. The third-order valence-electron chi connectivity index (χ3n) is 6.45. The molecular formula is C28H25N7O. The van der Waals surface area contributed by atoms with E-state index in [1.807, 2.05) is 59.5 Å². The quantitative estimate of drug-likeness (QED) is 0.414. The van der Waals surface area contributed by atoms with Gasteiger partial charge in [0.2, 0.25) is 0 Å². The van der Waals surface area contributed by atoms with Gasteiger partial charge in [-0.05, 0) is 54.1 Å². The number of H-pyrrole nitrogens is 1. The molecule has 0 bridgehead atoms. The molecule has 4 aromatic heterocycles. The van der Waals surface area contributed by atoms with Crippen LogP contribution < -0.4 is 4.90 Å². The normalized spacial score (nSPS) is 13.8. The Bertz CT molecular complexity index is 1490. The molecular weight excluding hydrogens is 450 g/mol. The molecule has 0 saturated carbocycles. The number of amides is 1. The summed E-state index contributed by atoms with van der Waals surface area (Å²) in [5.74, 6) is 1.72. The van der Waals surface area contributed by atoms with Gasteiger partial charge in [0.1, 0.15) is 17.3 Å². The average Bonchev–Trinajstić information content (AvgIpc) is 3.37. The Kier molecular flexibility index (Phi) is 5.83. The van der Waals surface area contributed by atoms with E-state index in [-0.39, 0.29) is 5.91 Å². The third kappa shape index (κ3) is 4.53. The molecule has 0 atom stereocenters. The van der Waals surface area contributed by atoms with Gasteiger partial charge in [-0.25, -0.2) is 15.0 Å². The van der Waals surface area contributed by atoms with Gasteiger partial charge in [-0.1, -0.05) is 18.2 Å². The molecule has 6 rings (SSSR count). The summed E-state index contributed by atoms with van der Waals surface area (Å²) in [7, 11) is 0. The summed E-state index contributed by atoms with van der Waals surface area (Å²) >= 11 is 0. The second-order valence-electron chi connectivity index (χ2n) is 8.82. The zero-order chi connectivity index (χ0) is 24.3. The number of benzene rings is 1. The first-order valence-electron chi connectivity index (χ1n) is 12.0. The van der Waals surface area contributed by atoms with Gasteiger partial charge in [0.15, 0.2) is 0 Å². The Morgan fingerprint density at radius 3 is 2.42 bits per heavy atom. The number of nitrogens with one attached hydrogen (secondary N) is 1. The van der Waals surface area contributed by atoms with E-state index >= 15 is 0 Å². The van der Waals surface area contributed by atoms with Crippen LogP contribution in [0, 0.1) is 0 Å². The molecule has 178 valence electrons. The van der Waals surface area contributed by atoms with Crippen LogP contribution in [0.4, 0.5) is 5.82 Å². The lowest BCUT2D eigenvalue weighted by molar-refractivity contribution is 0.0741. The van der Waals surface area contributed by atoms with E-state index in [0.717, 1.165) is 52.6 Å². The number of pyridine rings is 2. The predicted octanol–water partition coefficient (Wildman–Crippen LogP) is 3.97. The van der Waals surface area contributed by atoms with E-state index in [2.05, 4.69) is 37.0 Å². The lowest BCUT2D eigenvalue weighted by Gasteiger charge is -2.35. The number of carbonyl (C=O) groups excluding carboxylic acids is 1. The van der Waals surface area contributed by atoms with Crippen molar-refractivity contribution in [1.82, 2.24) is 29.8 Å². The van der Waals surface area contributed by atoms with Crippen LogP contribution in [0.15, 0.2) is 85.3 Å². The van der Waals surface area contributed by atoms with Crippen LogP contribution >= 0.6 is 0 Å². The lowest BCUT2D eigenvalue weighted by Crippen LogP contribution is -2.49. The number of carbonyl (C=O) groups is 1. The van der Waals surface area contributed by atoms with Crippen LogP contribution in [0.25, 0.3) is 22.3 Å². The molecule has 1 N–H and O–H groups in total. The lowest BCUT2D eigenvalue weighted by atomic mass is 10.1. The second kappa shape index (κ2) is 9.58. The highest BCUT2D eigenvalue weighted by atomic mass is 16.2. The van der Waals surface area contributed by atoms with Gasteiger partial charge < -0.3 is 14.8 Å². The van der Waals surface area contributed by atoms with Crippen molar-refractivity contribution in [3.8, 4) is 11.4 Å². The van der Waals surface area contributed by atoms with Crippen molar-refractivity contribution in [2.45, 2.75) is 6.42 Å². The van der Waals surface area contributed by atoms with Gasteiger partial charge in [-0.15, -0.1) is 0 Å². The maximum absolute atomic E-state index is 13.2. The monoisotopic (exact) mass is 475 g/mol. The Hall–Kier alpha value is -4.59. The highest BCUT2D eigenvalue weighted by Gasteiger charge is 2.24. The molecule has 0 aliphatic carbocycles. The summed E-state index contributed by atoms with van der Waals surface area (Å²) in [6.07, 6.45) is 5.93. The molecule has 1 aliphatic heterocycles. The number of piperazine rings is 1. The van der Waals surface area contributed by atoms with Gasteiger partial charge >= 0.3 is 0 Å². The molecule has 0 unspecified atom stereocenters. The first-order chi connectivity index (χ1) is 17.7. The Morgan fingerprint density at radius 2 is 1.64 bits per heavy atom. The summed E-state index contributed by atoms with van der Waals surface area (Å²) < 4.78 is 0. The van der Waals surface area contributed by atoms with Crippen LogP contribution in [0.5, 0.6) is 0 Å². The molecule has 0 radical (unpaired) electrons. The van der Waals surface area contributed by atoms with Crippen LogP contribution in [0.2, 0.25) is 0 Å². The van der Waals surface area contributed by atoms with Gasteiger partial charge in [-0.2, -0.15) is 0 Å². The fraction of sp³-hybridized carbons (Fsp3) is 0.179. The van der Waals surface area contributed by atoms with Gasteiger partial charge in [0.05, 0.1) is 11.4 Å². The molecule has 1 amide bonds. The Balaban J connectivity index is 1.15. The SMILES string of the molecule is O=C(c1cc2cc(Cc3nccc(-c4ccccn4)n3)ccc2[nH]1)N1CCN(c2ccccn2)CC1. The highest BCUT2D eigenvalue weighted by Crippen LogP contribution is 2.21. The van der Waals surface area contributed by atoms with Crippen LogP contribution in [0.1, 0.15) is 21.9 Å². The predicted molar refractivity (Wildman–Crippen MR) is 139 cm³/mol. The van der Waals surface area contributed by atoms with E-state index < -0.39 is 0 Å². The summed E-state index contributed by atoms with van der Waals surface area (Å²) in [4.78, 5) is 38.6. The van der Waals surface area contributed by atoms with Gasteiger partial charge in [0.25, 0.3) is 5.91 Å². The van der Waals surface area contributed by atoms with Crippen molar-refractivity contribution in [3.05, 3.63) is 102 Å². The van der Waals surface area contributed by atoms with E-state index in [9.17, 15) is 4.79 Å². The van der Waals surface area contributed by atoms with Crippen molar-refractivity contribution in [1.29, 1.82) is 0 Å². The highest BCUT2D eigenvalue weighted by molar-refractivity contribution is 5.98. The average molecular weight is 476 g/mol. The van der Waals surface area contributed by atoms with Crippen molar-refractivity contribution in [2.75, 3.05) is 31.1 Å². The second-order valence-corrected chi connectivity index (χ2v) is 8.82. The Labute approximate surface area is 208 Å². The third-order valence-corrected chi connectivity index (χ3v) is 6.45. The number of fused-ring (bicyclic) bond motifs is 1. The van der Waals surface area contributed by atoms with Crippen LogP contribution in [-0.4, -0.2) is 61.9 Å². The number of hydrogen-bond acceptors (Lipinski definition) is 6. The first kappa shape index (κ1) is 21.9. The molecule has 5 heterocycles. The van der Waals surface area contributed by atoms with Crippen molar-refractivity contribution >= 4 is 22.6 Å². The number of nitrogens with zero attached hydrogens (tertiary/aromatic N) is 6. The molecule has 36 heavy (non-hydrogen) atoms. The largest absolute Gasteiger partial charge is 0.353 e. The first-order valence-corrected chi connectivity index (χ1v) is 12.0. The number of aromatic nitrogens is 5. The van der Waals surface area contributed by atoms with E-state index in [1.165, 1.54) is 0 Å². The topological polar surface area (TPSA) is 90.9 Å². The van der Waals surface area contributed by atoms with E-state index in [4.69, 9.17) is 4.98 Å². The van der Waals surface area contributed by atoms with Gasteiger partial charge in [-0.3, -0.25) is 9.78 Å². The van der Waals surface area contributed by atoms with Crippen LogP contribution in [0.3, 0.4) is 0 Å². The maximum Gasteiger partial charge on any atom is 0.270 e. The number of aromatic amines is 1. The molecule has 0 spiro atoms. The van der Waals surface area contributed by atoms with E-state index in [0.29, 0.717) is 25.2 Å².